The highest BCUT2D eigenvalue weighted by atomic mass is 16.6. The van der Waals surface area contributed by atoms with Crippen LogP contribution in [0.2, 0.25) is 0 Å². The monoisotopic (exact) mass is 201 g/mol. The first kappa shape index (κ1) is 9.65. The number of nitrogens with zero attached hydrogens (tertiary/aromatic N) is 1. The Morgan fingerprint density at radius 3 is 2.60 bits per heavy atom. The maximum absolute atomic E-state index is 11.3. The summed E-state index contributed by atoms with van der Waals surface area (Å²) >= 11 is 0. The van der Waals surface area contributed by atoms with E-state index in [0.717, 1.165) is 11.1 Å². The number of cyclic esters (lactones) is 1. The van der Waals surface area contributed by atoms with Gasteiger partial charge in [-0.15, -0.1) is 0 Å². The summed E-state index contributed by atoms with van der Waals surface area (Å²) < 4.78 is 4.83. The summed E-state index contributed by atoms with van der Waals surface area (Å²) in [5.74, 6) is 0.0237. The second kappa shape index (κ2) is 3.69. The fourth-order valence-corrected chi connectivity index (χ4v) is 1.41. The summed E-state index contributed by atoms with van der Waals surface area (Å²) in [6.45, 7) is 3.65. The van der Waals surface area contributed by atoms with E-state index in [9.17, 15) is 4.79 Å². The van der Waals surface area contributed by atoms with Crippen LogP contribution in [0.3, 0.4) is 0 Å². The van der Waals surface area contributed by atoms with Crippen LogP contribution in [0.1, 0.15) is 18.1 Å². The standard InChI is InChI=1S/C12H11NO2/c1-8-5-3-4-6-10(8)7-11-12(14)15-9(2)13-11/h3-7H,1-2H3/b11-7+. The molecular weight excluding hydrogens is 190 g/mol. The van der Waals surface area contributed by atoms with Crippen molar-refractivity contribution in [2.75, 3.05) is 0 Å². The van der Waals surface area contributed by atoms with Crippen molar-refractivity contribution in [2.45, 2.75) is 13.8 Å². The molecule has 76 valence electrons. The molecule has 0 radical (unpaired) electrons. The van der Waals surface area contributed by atoms with Crippen LogP contribution in [-0.2, 0) is 9.53 Å². The molecule has 0 N–H and O–H groups in total. The third-order valence-electron chi connectivity index (χ3n) is 2.21. The first-order chi connectivity index (χ1) is 7.16. The summed E-state index contributed by atoms with van der Waals surface area (Å²) in [6, 6.07) is 7.82. The lowest BCUT2D eigenvalue weighted by Gasteiger charge is -1.98. The zero-order chi connectivity index (χ0) is 10.8. The van der Waals surface area contributed by atoms with Crippen LogP contribution in [0.15, 0.2) is 35.0 Å². The molecular formula is C12H11NO2. The predicted octanol–water partition coefficient (Wildman–Crippen LogP) is 2.31. The van der Waals surface area contributed by atoms with E-state index in [-0.39, 0.29) is 5.97 Å². The van der Waals surface area contributed by atoms with Crippen molar-refractivity contribution in [2.24, 2.45) is 4.99 Å². The maximum atomic E-state index is 11.3. The summed E-state index contributed by atoms with van der Waals surface area (Å²) in [4.78, 5) is 15.3. The normalized spacial score (nSPS) is 17.9. The Bertz CT molecular complexity index is 472. The molecule has 0 fully saturated rings. The van der Waals surface area contributed by atoms with Crippen molar-refractivity contribution >= 4 is 17.9 Å². The Morgan fingerprint density at radius 2 is 2.00 bits per heavy atom. The van der Waals surface area contributed by atoms with Gasteiger partial charge < -0.3 is 4.74 Å². The highest BCUT2D eigenvalue weighted by Crippen LogP contribution is 2.17. The molecule has 3 nitrogen and oxygen atoms in total. The van der Waals surface area contributed by atoms with Gasteiger partial charge >= 0.3 is 5.97 Å². The van der Waals surface area contributed by atoms with E-state index in [1.165, 1.54) is 0 Å². The largest absolute Gasteiger partial charge is 0.407 e. The Labute approximate surface area is 88.1 Å². The summed E-state index contributed by atoms with van der Waals surface area (Å²) in [5, 5.41) is 0. The predicted molar refractivity (Wildman–Crippen MR) is 58.4 cm³/mol. The molecule has 1 aliphatic heterocycles. The van der Waals surface area contributed by atoms with Crippen LogP contribution < -0.4 is 0 Å². The number of esters is 1. The smallest absolute Gasteiger partial charge is 0.363 e. The van der Waals surface area contributed by atoms with Crippen LogP contribution in [0.5, 0.6) is 0 Å². The summed E-state index contributed by atoms with van der Waals surface area (Å²) in [5.41, 5.74) is 2.46. The van der Waals surface area contributed by atoms with Gasteiger partial charge in [0.05, 0.1) is 0 Å². The van der Waals surface area contributed by atoms with Gasteiger partial charge in [-0.25, -0.2) is 9.79 Å². The number of hydrogen-bond acceptors (Lipinski definition) is 3. The van der Waals surface area contributed by atoms with Gasteiger partial charge in [-0.1, -0.05) is 24.3 Å². The van der Waals surface area contributed by atoms with Gasteiger partial charge in [0.15, 0.2) is 11.6 Å². The molecule has 1 aromatic rings. The van der Waals surface area contributed by atoms with Crippen molar-refractivity contribution in [3.63, 3.8) is 0 Å². The average molecular weight is 201 g/mol. The first-order valence-electron chi connectivity index (χ1n) is 4.71. The Balaban J connectivity index is 2.39. The second-order valence-corrected chi connectivity index (χ2v) is 3.41. The van der Waals surface area contributed by atoms with Crippen molar-refractivity contribution in [3.05, 3.63) is 41.1 Å². The zero-order valence-corrected chi connectivity index (χ0v) is 8.65. The van der Waals surface area contributed by atoms with Crippen molar-refractivity contribution in [1.29, 1.82) is 0 Å². The fraction of sp³-hybridized carbons (Fsp3) is 0.167. The molecule has 0 amide bonds. The minimum Gasteiger partial charge on any atom is -0.407 e. The number of rotatable bonds is 1. The van der Waals surface area contributed by atoms with Crippen LogP contribution >= 0.6 is 0 Å². The third kappa shape index (κ3) is 1.96. The molecule has 0 saturated heterocycles. The zero-order valence-electron chi connectivity index (χ0n) is 8.65. The number of benzene rings is 1. The molecule has 0 spiro atoms. The highest BCUT2D eigenvalue weighted by molar-refractivity contribution is 6.06. The fourth-order valence-electron chi connectivity index (χ4n) is 1.41. The number of aryl methyl sites for hydroxylation is 1. The van der Waals surface area contributed by atoms with E-state index >= 15 is 0 Å². The average Bonchev–Trinajstić information content (AvgIpc) is 2.49. The molecule has 0 bridgehead atoms. The molecule has 15 heavy (non-hydrogen) atoms. The Hall–Kier alpha value is -1.90. The molecule has 0 aliphatic carbocycles. The van der Waals surface area contributed by atoms with E-state index in [1.807, 2.05) is 31.2 Å². The molecule has 1 aromatic carbocycles. The quantitative estimate of drug-likeness (QED) is 0.516. The van der Waals surface area contributed by atoms with Crippen LogP contribution in [0.4, 0.5) is 0 Å². The molecule has 0 saturated carbocycles. The van der Waals surface area contributed by atoms with E-state index in [2.05, 4.69) is 4.99 Å². The van der Waals surface area contributed by atoms with Crippen LogP contribution in [-0.4, -0.2) is 11.9 Å². The second-order valence-electron chi connectivity index (χ2n) is 3.41. The molecule has 0 aromatic heterocycles. The van der Waals surface area contributed by atoms with E-state index < -0.39 is 0 Å². The van der Waals surface area contributed by atoms with Gasteiger partial charge in [-0.2, -0.15) is 0 Å². The third-order valence-corrected chi connectivity index (χ3v) is 2.21. The number of carbonyl (C=O) groups excluding carboxylic acids is 1. The van der Waals surface area contributed by atoms with Gasteiger partial charge in [0.2, 0.25) is 0 Å². The van der Waals surface area contributed by atoms with E-state index in [0.29, 0.717) is 11.6 Å². The molecule has 2 rings (SSSR count). The molecule has 1 aliphatic rings. The van der Waals surface area contributed by atoms with E-state index in [1.54, 1.807) is 13.0 Å². The topological polar surface area (TPSA) is 38.7 Å². The number of hydrogen-bond donors (Lipinski definition) is 0. The number of ether oxygens (including phenoxy) is 1. The molecule has 0 atom stereocenters. The molecule has 1 heterocycles. The first-order valence-corrected chi connectivity index (χ1v) is 4.71. The Kier molecular flexibility index (Phi) is 2.37. The lowest BCUT2D eigenvalue weighted by molar-refractivity contribution is -0.130. The Morgan fingerprint density at radius 1 is 1.27 bits per heavy atom. The van der Waals surface area contributed by atoms with Crippen LogP contribution in [0.25, 0.3) is 6.08 Å². The number of aliphatic imine (C=N–C) groups is 1. The van der Waals surface area contributed by atoms with Gasteiger partial charge in [0, 0.05) is 6.92 Å². The minimum atomic E-state index is -0.379. The van der Waals surface area contributed by atoms with Crippen molar-refractivity contribution in [3.8, 4) is 0 Å². The highest BCUT2D eigenvalue weighted by Gasteiger charge is 2.19. The molecule has 0 unspecified atom stereocenters. The number of carbonyl (C=O) groups is 1. The summed E-state index contributed by atoms with van der Waals surface area (Å²) in [7, 11) is 0. The lowest BCUT2D eigenvalue weighted by atomic mass is 10.1. The van der Waals surface area contributed by atoms with Crippen LogP contribution in [0, 0.1) is 6.92 Å². The lowest BCUT2D eigenvalue weighted by Crippen LogP contribution is -1.99. The summed E-state index contributed by atoms with van der Waals surface area (Å²) in [6.07, 6.45) is 1.74. The SMILES string of the molecule is CC1=N/C(=C/c2ccccc2C)C(=O)O1. The molecule has 3 heteroatoms. The van der Waals surface area contributed by atoms with Gasteiger partial charge in [-0.05, 0) is 24.1 Å². The van der Waals surface area contributed by atoms with Gasteiger partial charge in [0.1, 0.15) is 0 Å². The minimum absolute atomic E-state index is 0.363. The van der Waals surface area contributed by atoms with Crippen molar-refractivity contribution in [1.82, 2.24) is 0 Å². The van der Waals surface area contributed by atoms with Gasteiger partial charge in [0.25, 0.3) is 0 Å². The van der Waals surface area contributed by atoms with Crippen molar-refractivity contribution < 1.29 is 9.53 Å². The van der Waals surface area contributed by atoms with E-state index in [4.69, 9.17) is 4.74 Å². The maximum Gasteiger partial charge on any atom is 0.363 e. The van der Waals surface area contributed by atoms with Gasteiger partial charge in [-0.3, -0.25) is 0 Å².